The zero-order valence-corrected chi connectivity index (χ0v) is 10.6. The fraction of sp³-hybridized carbons (Fsp3) is 0.538. The fourth-order valence-electron chi connectivity index (χ4n) is 2.52. The van der Waals surface area contributed by atoms with Gasteiger partial charge in [-0.1, -0.05) is 31.5 Å². The van der Waals surface area contributed by atoms with E-state index in [1.165, 1.54) is 0 Å². The summed E-state index contributed by atoms with van der Waals surface area (Å²) in [6, 6.07) is 5.75. The molecule has 0 aliphatic heterocycles. The van der Waals surface area contributed by atoms with Crippen molar-refractivity contribution < 1.29 is 9.84 Å². The van der Waals surface area contributed by atoms with Crippen molar-refractivity contribution in [3.05, 3.63) is 28.8 Å². The Kier molecular flexibility index (Phi) is 2.67. The van der Waals surface area contributed by atoms with Gasteiger partial charge >= 0.3 is 0 Å². The number of aliphatic hydroxyl groups excluding tert-OH is 1. The lowest BCUT2D eigenvalue weighted by molar-refractivity contribution is 0.231. The van der Waals surface area contributed by atoms with Gasteiger partial charge in [-0.25, -0.2) is 0 Å². The van der Waals surface area contributed by atoms with Crippen molar-refractivity contribution in [2.45, 2.75) is 25.7 Å². The molecule has 0 aromatic heterocycles. The van der Waals surface area contributed by atoms with E-state index in [9.17, 15) is 5.11 Å². The largest absolute Gasteiger partial charge is 0.495 e. The summed E-state index contributed by atoms with van der Waals surface area (Å²) in [5, 5.41) is 10.2. The Morgan fingerprint density at radius 3 is 2.50 bits per heavy atom. The van der Waals surface area contributed by atoms with Gasteiger partial charge < -0.3 is 9.84 Å². The summed E-state index contributed by atoms with van der Waals surface area (Å²) in [6.07, 6.45) is 1.00. The van der Waals surface area contributed by atoms with E-state index in [0.29, 0.717) is 10.8 Å². The number of hydrogen-bond acceptors (Lipinski definition) is 2. The van der Waals surface area contributed by atoms with Gasteiger partial charge in [-0.05, 0) is 29.5 Å². The maximum Gasteiger partial charge on any atom is 0.137 e. The Hall–Kier alpha value is -0.730. The maximum absolute atomic E-state index is 9.60. The monoisotopic (exact) mass is 240 g/mol. The molecule has 1 aromatic rings. The summed E-state index contributed by atoms with van der Waals surface area (Å²) in [7, 11) is 1.61. The standard InChI is InChI=1S/C13H17ClO2/c1-12(2)7-13(12,8-15)9-4-5-10(14)11(6-9)16-3/h4-6,15H,7-8H2,1-3H3. The molecule has 88 valence electrons. The number of methoxy groups -OCH3 is 1. The zero-order chi connectivity index (χ0) is 12.0. The molecule has 2 rings (SSSR count). The van der Waals surface area contributed by atoms with Gasteiger partial charge in [0, 0.05) is 5.41 Å². The first-order valence-electron chi connectivity index (χ1n) is 5.42. The predicted octanol–water partition coefficient (Wildman–Crippen LogP) is 3.01. The van der Waals surface area contributed by atoms with E-state index in [1.54, 1.807) is 7.11 Å². The van der Waals surface area contributed by atoms with Crippen LogP contribution in [0, 0.1) is 5.41 Å². The molecule has 1 fully saturated rings. The van der Waals surface area contributed by atoms with Gasteiger partial charge in [0.2, 0.25) is 0 Å². The predicted molar refractivity (Wildman–Crippen MR) is 65.2 cm³/mol. The highest BCUT2D eigenvalue weighted by molar-refractivity contribution is 6.32. The summed E-state index contributed by atoms with van der Waals surface area (Å²) >= 11 is 5.99. The molecule has 1 unspecified atom stereocenters. The molecule has 0 heterocycles. The van der Waals surface area contributed by atoms with Crippen LogP contribution < -0.4 is 4.74 Å². The summed E-state index contributed by atoms with van der Waals surface area (Å²) in [5.74, 6) is 0.676. The topological polar surface area (TPSA) is 29.5 Å². The fourth-order valence-corrected chi connectivity index (χ4v) is 2.72. The molecule has 1 saturated carbocycles. The molecule has 2 nitrogen and oxygen atoms in total. The van der Waals surface area contributed by atoms with Gasteiger partial charge in [-0.2, -0.15) is 0 Å². The van der Waals surface area contributed by atoms with Crippen LogP contribution in [0.5, 0.6) is 5.75 Å². The SMILES string of the molecule is COc1cc(C2(CO)CC2(C)C)ccc1Cl. The summed E-state index contributed by atoms with van der Waals surface area (Å²) in [5.41, 5.74) is 1.15. The third kappa shape index (κ3) is 1.52. The summed E-state index contributed by atoms with van der Waals surface area (Å²) in [6.45, 7) is 4.51. The van der Waals surface area contributed by atoms with Gasteiger partial charge in [0.25, 0.3) is 0 Å². The average Bonchev–Trinajstić information content (AvgIpc) is 2.83. The smallest absolute Gasteiger partial charge is 0.137 e. The minimum absolute atomic E-state index is 0.120. The Morgan fingerprint density at radius 1 is 1.44 bits per heavy atom. The minimum Gasteiger partial charge on any atom is -0.495 e. The molecule has 0 radical (unpaired) electrons. The van der Waals surface area contributed by atoms with Crippen LogP contribution in [0.4, 0.5) is 0 Å². The number of aliphatic hydroxyl groups is 1. The Bertz CT molecular complexity index is 414. The van der Waals surface area contributed by atoms with Crippen molar-refractivity contribution in [1.29, 1.82) is 0 Å². The van der Waals surface area contributed by atoms with Crippen LogP contribution in [0.25, 0.3) is 0 Å². The highest BCUT2D eigenvalue weighted by atomic mass is 35.5. The Labute approximate surface area is 101 Å². The van der Waals surface area contributed by atoms with Crippen molar-refractivity contribution in [2.24, 2.45) is 5.41 Å². The minimum atomic E-state index is -0.120. The van der Waals surface area contributed by atoms with E-state index in [-0.39, 0.29) is 17.4 Å². The van der Waals surface area contributed by atoms with E-state index >= 15 is 0 Å². The Balaban J connectivity index is 2.42. The molecule has 1 atom stereocenters. The Morgan fingerprint density at radius 2 is 2.06 bits per heavy atom. The van der Waals surface area contributed by atoms with E-state index < -0.39 is 0 Å². The van der Waals surface area contributed by atoms with Crippen molar-refractivity contribution in [3.63, 3.8) is 0 Å². The third-order valence-electron chi connectivity index (χ3n) is 3.89. The number of halogens is 1. The number of rotatable bonds is 3. The molecule has 0 amide bonds. The lowest BCUT2D eigenvalue weighted by Crippen LogP contribution is -2.19. The van der Waals surface area contributed by atoms with E-state index in [0.717, 1.165) is 12.0 Å². The number of hydrogen-bond donors (Lipinski definition) is 1. The lowest BCUT2D eigenvalue weighted by atomic mass is 9.88. The second kappa shape index (κ2) is 3.64. The van der Waals surface area contributed by atoms with Crippen LogP contribution in [0.3, 0.4) is 0 Å². The average molecular weight is 241 g/mol. The summed E-state index contributed by atoms with van der Waals surface area (Å²) < 4.78 is 5.21. The summed E-state index contributed by atoms with van der Waals surface area (Å²) in [4.78, 5) is 0. The first kappa shape index (κ1) is 11.7. The highest BCUT2D eigenvalue weighted by Gasteiger charge is 2.61. The van der Waals surface area contributed by atoms with Crippen LogP contribution in [-0.2, 0) is 5.41 Å². The van der Waals surface area contributed by atoms with Crippen LogP contribution in [0.15, 0.2) is 18.2 Å². The second-order valence-corrected chi connectivity index (χ2v) is 5.56. The van der Waals surface area contributed by atoms with Gasteiger partial charge in [0.05, 0.1) is 18.7 Å². The van der Waals surface area contributed by atoms with Gasteiger partial charge in [-0.3, -0.25) is 0 Å². The molecule has 0 bridgehead atoms. The molecular formula is C13H17ClO2. The molecule has 3 heteroatoms. The zero-order valence-electron chi connectivity index (χ0n) is 9.88. The van der Waals surface area contributed by atoms with Gasteiger partial charge in [0.1, 0.15) is 5.75 Å². The molecule has 1 aliphatic carbocycles. The molecule has 1 N–H and O–H groups in total. The van der Waals surface area contributed by atoms with E-state index in [4.69, 9.17) is 16.3 Å². The van der Waals surface area contributed by atoms with Crippen LogP contribution >= 0.6 is 11.6 Å². The quantitative estimate of drug-likeness (QED) is 0.880. The third-order valence-corrected chi connectivity index (χ3v) is 4.20. The number of benzene rings is 1. The van der Waals surface area contributed by atoms with Crippen LogP contribution in [0.2, 0.25) is 5.02 Å². The molecule has 0 saturated heterocycles. The molecule has 1 aliphatic rings. The van der Waals surface area contributed by atoms with Crippen molar-refractivity contribution in [2.75, 3.05) is 13.7 Å². The highest BCUT2D eigenvalue weighted by Crippen LogP contribution is 2.64. The van der Waals surface area contributed by atoms with Crippen LogP contribution in [-0.4, -0.2) is 18.8 Å². The normalized spacial score (nSPS) is 26.6. The van der Waals surface area contributed by atoms with Crippen LogP contribution in [0.1, 0.15) is 25.8 Å². The number of ether oxygens (including phenoxy) is 1. The molecular weight excluding hydrogens is 224 g/mol. The van der Waals surface area contributed by atoms with Crippen molar-refractivity contribution in [1.82, 2.24) is 0 Å². The first-order chi connectivity index (χ1) is 7.47. The van der Waals surface area contributed by atoms with Gasteiger partial charge in [0.15, 0.2) is 0 Å². The molecule has 1 aromatic carbocycles. The second-order valence-electron chi connectivity index (χ2n) is 5.15. The van der Waals surface area contributed by atoms with E-state index in [2.05, 4.69) is 13.8 Å². The van der Waals surface area contributed by atoms with Gasteiger partial charge in [-0.15, -0.1) is 0 Å². The maximum atomic E-state index is 9.60. The molecule has 0 spiro atoms. The van der Waals surface area contributed by atoms with Crippen molar-refractivity contribution in [3.8, 4) is 5.75 Å². The first-order valence-corrected chi connectivity index (χ1v) is 5.79. The van der Waals surface area contributed by atoms with Crippen molar-refractivity contribution >= 4 is 11.6 Å². The lowest BCUT2D eigenvalue weighted by Gasteiger charge is -2.19. The molecule has 16 heavy (non-hydrogen) atoms. The van der Waals surface area contributed by atoms with E-state index in [1.807, 2.05) is 18.2 Å².